The Balaban J connectivity index is 2.34. The SMILES string of the molecule is CCOC(=O)NCC(=O)N1C[C@@H](C)C[C@H](C)C1. The number of likely N-dealkylation sites (tertiary alicyclic amines) is 1. The van der Waals surface area contributed by atoms with Crippen molar-refractivity contribution in [2.45, 2.75) is 27.2 Å². The van der Waals surface area contributed by atoms with Crippen molar-refractivity contribution in [3.05, 3.63) is 0 Å². The molecule has 2 amide bonds. The fourth-order valence-electron chi connectivity index (χ4n) is 2.31. The summed E-state index contributed by atoms with van der Waals surface area (Å²) in [6.45, 7) is 7.94. The first-order valence-corrected chi connectivity index (χ1v) is 6.21. The minimum absolute atomic E-state index is 0.0261. The van der Waals surface area contributed by atoms with Crippen LogP contribution in [0.2, 0.25) is 0 Å². The average molecular weight is 242 g/mol. The molecule has 0 bridgehead atoms. The van der Waals surface area contributed by atoms with Crippen LogP contribution in [0.5, 0.6) is 0 Å². The van der Waals surface area contributed by atoms with Gasteiger partial charge in [0, 0.05) is 13.1 Å². The molecule has 1 rings (SSSR count). The number of ether oxygens (including phenoxy) is 1. The molecule has 17 heavy (non-hydrogen) atoms. The van der Waals surface area contributed by atoms with Crippen molar-refractivity contribution in [1.82, 2.24) is 10.2 Å². The van der Waals surface area contributed by atoms with E-state index < -0.39 is 6.09 Å². The number of amides is 2. The summed E-state index contributed by atoms with van der Waals surface area (Å²) in [6, 6.07) is 0. The Morgan fingerprint density at radius 2 is 1.88 bits per heavy atom. The number of hydrogen-bond acceptors (Lipinski definition) is 3. The average Bonchev–Trinajstić information content (AvgIpc) is 2.25. The lowest BCUT2D eigenvalue weighted by atomic mass is 9.92. The van der Waals surface area contributed by atoms with E-state index in [1.54, 1.807) is 6.92 Å². The Hall–Kier alpha value is -1.26. The Morgan fingerprint density at radius 3 is 2.41 bits per heavy atom. The molecule has 0 radical (unpaired) electrons. The summed E-state index contributed by atoms with van der Waals surface area (Å²) in [5.41, 5.74) is 0. The van der Waals surface area contributed by atoms with Crippen LogP contribution in [0.15, 0.2) is 0 Å². The molecule has 1 N–H and O–H groups in total. The summed E-state index contributed by atoms with van der Waals surface area (Å²) >= 11 is 0. The van der Waals surface area contributed by atoms with Crippen LogP contribution >= 0.6 is 0 Å². The zero-order valence-corrected chi connectivity index (χ0v) is 10.9. The molecule has 0 unspecified atom stereocenters. The highest BCUT2D eigenvalue weighted by Crippen LogP contribution is 2.20. The lowest BCUT2D eigenvalue weighted by Gasteiger charge is -2.35. The number of carbonyl (C=O) groups excluding carboxylic acids is 2. The van der Waals surface area contributed by atoms with Gasteiger partial charge in [0.2, 0.25) is 5.91 Å². The van der Waals surface area contributed by atoms with Crippen LogP contribution in [0.1, 0.15) is 27.2 Å². The van der Waals surface area contributed by atoms with Gasteiger partial charge in [0.15, 0.2) is 0 Å². The van der Waals surface area contributed by atoms with Gasteiger partial charge in [0.25, 0.3) is 0 Å². The van der Waals surface area contributed by atoms with Crippen LogP contribution in [-0.2, 0) is 9.53 Å². The van der Waals surface area contributed by atoms with Crippen molar-refractivity contribution in [1.29, 1.82) is 0 Å². The highest BCUT2D eigenvalue weighted by Gasteiger charge is 2.25. The maximum absolute atomic E-state index is 11.9. The summed E-state index contributed by atoms with van der Waals surface area (Å²) in [7, 11) is 0. The van der Waals surface area contributed by atoms with E-state index in [2.05, 4.69) is 19.2 Å². The van der Waals surface area contributed by atoms with E-state index in [4.69, 9.17) is 4.74 Å². The lowest BCUT2D eigenvalue weighted by Crippen LogP contribution is -2.46. The summed E-state index contributed by atoms with van der Waals surface area (Å²) in [5.74, 6) is 1.03. The van der Waals surface area contributed by atoms with E-state index >= 15 is 0 Å². The summed E-state index contributed by atoms with van der Waals surface area (Å²) in [5, 5.41) is 2.46. The number of nitrogens with zero attached hydrogens (tertiary/aromatic N) is 1. The second-order valence-corrected chi connectivity index (χ2v) is 4.82. The van der Waals surface area contributed by atoms with Crippen molar-refractivity contribution in [2.24, 2.45) is 11.8 Å². The first-order valence-electron chi connectivity index (χ1n) is 6.21. The molecule has 1 saturated heterocycles. The van der Waals surface area contributed by atoms with Gasteiger partial charge in [-0.2, -0.15) is 0 Å². The molecule has 1 fully saturated rings. The molecule has 1 aliphatic rings. The Bertz CT molecular complexity index is 271. The zero-order valence-electron chi connectivity index (χ0n) is 10.9. The summed E-state index contributed by atoms with van der Waals surface area (Å²) in [6.07, 6.45) is 0.633. The van der Waals surface area contributed by atoms with E-state index in [0.717, 1.165) is 19.5 Å². The van der Waals surface area contributed by atoms with Gasteiger partial charge in [0.1, 0.15) is 6.54 Å². The third-order valence-electron chi connectivity index (χ3n) is 2.88. The Morgan fingerprint density at radius 1 is 1.29 bits per heavy atom. The number of alkyl carbamates (subject to hydrolysis) is 1. The molecule has 0 aliphatic carbocycles. The largest absolute Gasteiger partial charge is 0.450 e. The van der Waals surface area contributed by atoms with Gasteiger partial charge in [0.05, 0.1) is 6.61 Å². The normalized spacial score (nSPS) is 24.3. The molecule has 5 nitrogen and oxygen atoms in total. The van der Waals surface area contributed by atoms with Crippen molar-refractivity contribution < 1.29 is 14.3 Å². The van der Waals surface area contributed by atoms with Gasteiger partial charge >= 0.3 is 6.09 Å². The maximum Gasteiger partial charge on any atom is 0.407 e. The highest BCUT2D eigenvalue weighted by atomic mass is 16.5. The van der Waals surface area contributed by atoms with Crippen LogP contribution in [0.4, 0.5) is 4.79 Å². The van der Waals surface area contributed by atoms with Crippen LogP contribution < -0.4 is 5.32 Å². The van der Waals surface area contributed by atoms with Crippen LogP contribution in [-0.4, -0.2) is 43.1 Å². The topological polar surface area (TPSA) is 58.6 Å². The first-order chi connectivity index (χ1) is 8.02. The fraction of sp³-hybridized carbons (Fsp3) is 0.833. The zero-order chi connectivity index (χ0) is 12.8. The van der Waals surface area contributed by atoms with Gasteiger partial charge in [-0.25, -0.2) is 4.79 Å². The standard InChI is InChI=1S/C12H22N2O3/c1-4-17-12(16)13-6-11(15)14-7-9(2)5-10(3)8-14/h9-10H,4-8H2,1-3H3,(H,13,16)/t9-,10-/m0/s1. The van der Waals surface area contributed by atoms with E-state index in [0.29, 0.717) is 18.4 Å². The Labute approximate surface area is 102 Å². The van der Waals surface area contributed by atoms with Crippen molar-refractivity contribution in [2.75, 3.05) is 26.2 Å². The molecule has 0 spiro atoms. The van der Waals surface area contributed by atoms with E-state index in [9.17, 15) is 9.59 Å². The predicted molar refractivity (Wildman–Crippen MR) is 64.5 cm³/mol. The minimum atomic E-state index is -0.529. The molecule has 0 aromatic carbocycles. The summed E-state index contributed by atoms with van der Waals surface area (Å²) < 4.78 is 4.70. The Kier molecular flexibility index (Phi) is 5.25. The number of carbonyl (C=O) groups is 2. The van der Waals surface area contributed by atoms with Crippen LogP contribution in [0, 0.1) is 11.8 Å². The predicted octanol–water partition coefficient (Wildman–Crippen LogP) is 1.24. The molecule has 1 aliphatic heterocycles. The third-order valence-corrected chi connectivity index (χ3v) is 2.88. The molecule has 0 aromatic heterocycles. The quantitative estimate of drug-likeness (QED) is 0.810. The van der Waals surface area contributed by atoms with Crippen LogP contribution in [0.3, 0.4) is 0 Å². The second-order valence-electron chi connectivity index (χ2n) is 4.82. The molecular formula is C12H22N2O3. The van der Waals surface area contributed by atoms with Gasteiger partial charge < -0.3 is 15.0 Å². The van der Waals surface area contributed by atoms with Crippen molar-refractivity contribution >= 4 is 12.0 Å². The smallest absolute Gasteiger partial charge is 0.407 e. The van der Waals surface area contributed by atoms with Gasteiger partial charge in [-0.3, -0.25) is 4.79 Å². The number of rotatable bonds is 3. The second kappa shape index (κ2) is 6.47. The lowest BCUT2D eigenvalue weighted by molar-refractivity contribution is -0.132. The monoisotopic (exact) mass is 242 g/mol. The van der Waals surface area contributed by atoms with Gasteiger partial charge in [-0.05, 0) is 25.2 Å². The van der Waals surface area contributed by atoms with Crippen molar-refractivity contribution in [3.63, 3.8) is 0 Å². The van der Waals surface area contributed by atoms with E-state index in [1.165, 1.54) is 0 Å². The van der Waals surface area contributed by atoms with Gasteiger partial charge in [-0.15, -0.1) is 0 Å². The molecule has 0 aromatic rings. The van der Waals surface area contributed by atoms with E-state index in [1.807, 2.05) is 4.90 Å². The minimum Gasteiger partial charge on any atom is -0.450 e. The number of piperidine rings is 1. The fourth-order valence-corrected chi connectivity index (χ4v) is 2.31. The molecular weight excluding hydrogens is 220 g/mol. The maximum atomic E-state index is 11.9. The molecule has 2 atom stereocenters. The van der Waals surface area contributed by atoms with Crippen molar-refractivity contribution in [3.8, 4) is 0 Å². The molecule has 1 heterocycles. The first kappa shape index (κ1) is 13.8. The molecule has 98 valence electrons. The summed E-state index contributed by atoms with van der Waals surface area (Å²) in [4.78, 5) is 24.7. The van der Waals surface area contributed by atoms with Gasteiger partial charge in [-0.1, -0.05) is 13.8 Å². The van der Waals surface area contributed by atoms with Crippen LogP contribution in [0.25, 0.3) is 0 Å². The number of nitrogens with one attached hydrogen (secondary N) is 1. The molecule has 5 heteroatoms. The third kappa shape index (κ3) is 4.63. The highest BCUT2D eigenvalue weighted by molar-refractivity contribution is 5.82. The molecule has 0 saturated carbocycles. The van der Waals surface area contributed by atoms with E-state index in [-0.39, 0.29) is 12.5 Å². The number of hydrogen-bond donors (Lipinski definition) is 1.